The fraction of sp³-hybridized carbons (Fsp3) is 0.467. The summed E-state index contributed by atoms with van der Waals surface area (Å²) in [7, 11) is 1.34. The molecule has 1 unspecified atom stereocenters. The number of anilines is 1. The van der Waals surface area contributed by atoms with E-state index in [-0.39, 0.29) is 18.3 Å². The van der Waals surface area contributed by atoms with E-state index in [1.54, 1.807) is 32.0 Å². The molecule has 0 radical (unpaired) electrons. The summed E-state index contributed by atoms with van der Waals surface area (Å²) in [5, 5.41) is 2.78. The molecule has 0 spiro atoms. The van der Waals surface area contributed by atoms with Crippen LogP contribution in [0, 0.1) is 6.92 Å². The summed E-state index contributed by atoms with van der Waals surface area (Å²) in [6.07, 6.45) is 1.44. The Morgan fingerprint density at radius 2 is 2.00 bits per heavy atom. The van der Waals surface area contributed by atoms with Crippen molar-refractivity contribution in [1.29, 1.82) is 0 Å². The highest BCUT2D eigenvalue weighted by molar-refractivity contribution is 5.98. The van der Waals surface area contributed by atoms with E-state index in [0.717, 1.165) is 12.0 Å². The van der Waals surface area contributed by atoms with Crippen LogP contribution in [0.15, 0.2) is 18.2 Å². The van der Waals surface area contributed by atoms with E-state index >= 15 is 0 Å². The summed E-state index contributed by atoms with van der Waals surface area (Å²) in [6.45, 7) is 5.48. The first kappa shape index (κ1) is 19.4. The minimum Gasteiger partial charge on any atom is -0.465 e. The van der Waals surface area contributed by atoms with Gasteiger partial charge in [0.1, 0.15) is 0 Å². The lowest BCUT2D eigenvalue weighted by molar-refractivity contribution is -0.120. The normalized spacial score (nSPS) is 12.8. The third-order valence-corrected chi connectivity index (χ3v) is 3.18. The molecule has 6 heteroatoms. The number of hydrogen-bond donors (Lipinski definition) is 2. The van der Waals surface area contributed by atoms with E-state index in [2.05, 4.69) is 10.1 Å². The fourth-order valence-electron chi connectivity index (χ4n) is 1.99. The van der Waals surface area contributed by atoms with E-state index in [1.165, 1.54) is 7.11 Å². The molecule has 21 heavy (non-hydrogen) atoms. The number of carbonyl (C=O) groups excluding carboxylic acids is 2. The summed E-state index contributed by atoms with van der Waals surface area (Å²) < 4.78 is 4.68. The van der Waals surface area contributed by atoms with Gasteiger partial charge in [-0.3, -0.25) is 4.79 Å². The summed E-state index contributed by atoms with van der Waals surface area (Å²) in [5.41, 5.74) is 6.91. The number of benzene rings is 1. The summed E-state index contributed by atoms with van der Waals surface area (Å²) in [4.78, 5) is 23.6. The first-order chi connectivity index (χ1) is 9.31. The highest BCUT2D eigenvalue weighted by atomic mass is 35.5. The van der Waals surface area contributed by atoms with Crippen molar-refractivity contribution < 1.29 is 14.3 Å². The van der Waals surface area contributed by atoms with Gasteiger partial charge in [-0.15, -0.1) is 12.4 Å². The number of amides is 1. The Labute approximate surface area is 131 Å². The molecule has 3 N–H and O–H groups in total. The van der Waals surface area contributed by atoms with Crippen LogP contribution < -0.4 is 11.1 Å². The SMILES string of the molecule is CCCC(C)(N)C(=O)Nc1ccc(C(=O)OC)c(C)c1.Cl. The maximum absolute atomic E-state index is 12.1. The first-order valence-corrected chi connectivity index (χ1v) is 6.61. The second-order valence-corrected chi connectivity index (χ2v) is 5.14. The quantitative estimate of drug-likeness (QED) is 0.819. The molecular formula is C15H23ClN2O3. The Morgan fingerprint density at radius 3 is 2.48 bits per heavy atom. The number of carbonyl (C=O) groups is 2. The highest BCUT2D eigenvalue weighted by Gasteiger charge is 2.27. The number of esters is 1. The molecule has 5 nitrogen and oxygen atoms in total. The molecule has 1 amide bonds. The average molecular weight is 315 g/mol. The molecule has 0 saturated carbocycles. The van der Waals surface area contributed by atoms with Gasteiger partial charge in [-0.25, -0.2) is 4.79 Å². The Hall–Kier alpha value is -1.59. The number of hydrogen-bond acceptors (Lipinski definition) is 4. The number of nitrogens with one attached hydrogen (secondary N) is 1. The van der Waals surface area contributed by atoms with E-state index in [4.69, 9.17) is 5.73 Å². The first-order valence-electron chi connectivity index (χ1n) is 6.61. The topological polar surface area (TPSA) is 81.4 Å². The van der Waals surface area contributed by atoms with Gasteiger partial charge in [0.2, 0.25) is 5.91 Å². The van der Waals surface area contributed by atoms with E-state index in [9.17, 15) is 9.59 Å². The Bertz CT molecular complexity index is 516. The van der Waals surface area contributed by atoms with Gasteiger partial charge in [0.05, 0.1) is 18.2 Å². The van der Waals surface area contributed by atoms with E-state index < -0.39 is 11.5 Å². The molecule has 0 heterocycles. The molecule has 0 aliphatic heterocycles. The molecule has 0 fully saturated rings. The Balaban J connectivity index is 0.00000400. The van der Waals surface area contributed by atoms with Gasteiger partial charge in [-0.1, -0.05) is 13.3 Å². The van der Waals surface area contributed by atoms with Crippen LogP contribution in [-0.4, -0.2) is 24.5 Å². The average Bonchev–Trinajstić information content (AvgIpc) is 2.38. The maximum Gasteiger partial charge on any atom is 0.338 e. The molecule has 118 valence electrons. The van der Waals surface area contributed by atoms with Crippen LogP contribution in [0.2, 0.25) is 0 Å². The maximum atomic E-state index is 12.1. The molecule has 0 bridgehead atoms. The third-order valence-electron chi connectivity index (χ3n) is 3.18. The summed E-state index contributed by atoms with van der Waals surface area (Å²) in [5.74, 6) is -0.625. The summed E-state index contributed by atoms with van der Waals surface area (Å²) in [6, 6.07) is 5.02. The number of nitrogens with two attached hydrogens (primary N) is 1. The van der Waals surface area contributed by atoms with Gasteiger partial charge in [0.15, 0.2) is 0 Å². The molecule has 1 aromatic rings. The minimum absolute atomic E-state index is 0. The van der Waals surface area contributed by atoms with Crippen molar-refractivity contribution in [1.82, 2.24) is 0 Å². The Kier molecular flexibility index (Phi) is 7.39. The van der Waals surface area contributed by atoms with Crippen molar-refractivity contribution >= 4 is 30.0 Å². The van der Waals surface area contributed by atoms with Gasteiger partial charge < -0.3 is 15.8 Å². The van der Waals surface area contributed by atoms with Gasteiger partial charge in [0, 0.05) is 5.69 Å². The second kappa shape index (κ2) is 8.00. The summed E-state index contributed by atoms with van der Waals surface area (Å²) >= 11 is 0. The highest BCUT2D eigenvalue weighted by Crippen LogP contribution is 2.18. The van der Waals surface area contributed by atoms with E-state index in [1.807, 2.05) is 6.92 Å². The number of halogens is 1. The lowest BCUT2D eigenvalue weighted by Gasteiger charge is -2.23. The predicted molar refractivity (Wildman–Crippen MR) is 85.9 cm³/mol. The minimum atomic E-state index is -0.899. The van der Waals surface area contributed by atoms with Crippen LogP contribution in [0.5, 0.6) is 0 Å². The zero-order valence-corrected chi connectivity index (χ0v) is 13.7. The van der Waals surface area contributed by atoms with Crippen molar-refractivity contribution in [2.75, 3.05) is 12.4 Å². The van der Waals surface area contributed by atoms with Crippen molar-refractivity contribution in [3.63, 3.8) is 0 Å². The molecule has 1 atom stereocenters. The lowest BCUT2D eigenvalue weighted by Crippen LogP contribution is -2.48. The molecule has 0 saturated heterocycles. The van der Waals surface area contributed by atoms with Crippen LogP contribution >= 0.6 is 12.4 Å². The fourth-order valence-corrected chi connectivity index (χ4v) is 1.99. The van der Waals surface area contributed by atoms with Crippen LogP contribution in [0.1, 0.15) is 42.6 Å². The van der Waals surface area contributed by atoms with E-state index in [0.29, 0.717) is 17.7 Å². The lowest BCUT2D eigenvalue weighted by atomic mass is 9.96. The molecule has 1 aromatic carbocycles. The zero-order chi connectivity index (χ0) is 15.3. The van der Waals surface area contributed by atoms with Gasteiger partial charge >= 0.3 is 5.97 Å². The third kappa shape index (κ3) is 5.02. The smallest absolute Gasteiger partial charge is 0.338 e. The molecule has 0 aromatic heterocycles. The second-order valence-electron chi connectivity index (χ2n) is 5.14. The van der Waals surface area contributed by atoms with Crippen molar-refractivity contribution in [3.8, 4) is 0 Å². The van der Waals surface area contributed by atoms with Crippen molar-refractivity contribution in [2.45, 2.75) is 39.2 Å². The molecular weight excluding hydrogens is 292 g/mol. The van der Waals surface area contributed by atoms with Crippen molar-refractivity contribution in [2.24, 2.45) is 5.73 Å². The monoisotopic (exact) mass is 314 g/mol. The van der Waals surface area contributed by atoms with Crippen LogP contribution in [-0.2, 0) is 9.53 Å². The molecule has 0 aliphatic rings. The molecule has 0 aliphatic carbocycles. The van der Waals surface area contributed by atoms with Crippen LogP contribution in [0.25, 0.3) is 0 Å². The van der Waals surface area contributed by atoms with Crippen LogP contribution in [0.3, 0.4) is 0 Å². The number of ether oxygens (including phenoxy) is 1. The Morgan fingerprint density at radius 1 is 1.38 bits per heavy atom. The predicted octanol–water partition coefficient (Wildman–Crippen LogP) is 2.66. The number of rotatable bonds is 5. The molecule has 1 rings (SSSR count). The number of aryl methyl sites for hydroxylation is 1. The zero-order valence-electron chi connectivity index (χ0n) is 12.9. The van der Waals surface area contributed by atoms with Gasteiger partial charge in [-0.05, 0) is 44.0 Å². The standard InChI is InChI=1S/C15H22N2O3.ClH/c1-5-8-15(3,16)14(19)17-11-6-7-12(10(2)9-11)13(18)20-4;/h6-7,9H,5,8,16H2,1-4H3,(H,17,19);1H. The van der Waals surface area contributed by atoms with Crippen molar-refractivity contribution in [3.05, 3.63) is 29.3 Å². The van der Waals surface area contributed by atoms with Crippen LogP contribution in [0.4, 0.5) is 5.69 Å². The van der Waals surface area contributed by atoms with Gasteiger partial charge in [0.25, 0.3) is 0 Å². The largest absolute Gasteiger partial charge is 0.465 e. The number of methoxy groups -OCH3 is 1. The van der Waals surface area contributed by atoms with Gasteiger partial charge in [-0.2, -0.15) is 0 Å².